The van der Waals surface area contributed by atoms with Crippen molar-refractivity contribution >= 4 is 0 Å². The molecule has 2 aliphatic rings. The van der Waals surface area contributed by atoms with Gasteiger partial charge in [0.1, 0.15) is 0 Å². The standard InChI is InChI=1S/C17H26N2/c1-16(2,3)19-10-8-17(9-11-19)12-13-6-4-5-7-14(13)15(17)18/h4-7,15H,8-12,18H2,1-3H3/t15-/m0/s1/i15D. The number of hydrogen-bond acceptors (Lipinski definition) is 2. The Bertz CT molecular complexity index is 508. The Morgan fingerprint density at radius 3 is 2.47 bits per heavy atom. The zero-order valence-electron chi connectivity index (χ0n) is 13.4. The lowest BCUT2D eigenvalue weighted by atomic mass is 9.72. The van der Waals surface area contributed by atoms with E-state index in [0.717, 1.165) is 37.9 Å². The molecule has 104 valence electrons. The third-order valence-electron chi connectivity index (χ3n) is 5.08. The third kappa shape index (κ3) is 2.11. The van der Waals surface area contributed by atoms with E-state index < -0.39 is 6.02 Å². The molecule has 0 saturated carbocycles. The quantitative estimate of drug-likeness (QED) is 0.775. The van der Waals surface area contributed by atoms with E-state index in [1.165, 1.54) is 5.56 Å². The van der Waals surface area contributed by atoms with Gasteiger partial charge in [-0.15, -0.1) is 0 Å². The van der Waals surface area contributed by atoms with Gasteiger partial charge in [-0.3, -0.25) is 4.90 Å². The molecule has 2 N–H and O–H groups in total. The zero-order valence-corrected chi connectivity index (χ0v) is 12.4. The molecule has 1 aromatic rings. The van der Waals surface area contributed by atoms with Gasteiger partial charge in [-0.25, -0.2) is 0 Å². The van der Waals surface area contributed by atoms with Crippen LogP contribution in [0.3, 0.4) is 0 Å². The van der Waals surface area contributed by atoms with Crippen molar-refractivity contribution in [3.63, 3.8) is 0 Å². The lowest BCUT2D eigenvalue weighted by Crippen LogP contribution is -2.50. The first-order valence-corrected chi connectivity index (χ1v) is 7.39. The average molecular weight is 259 g/mol. The van der Waals surface area contributed by atoms with E-state index in [9.17, 15) is 0 Å². The van der Waals surface area contributed by atoms with Crippen LogP contribution in [0.1, 0.15) is 52.1 Å². The van der Waals surface area contributed by atoms with Crippen molar-refractivity contribution < 1.29 is 1.37 Å². The smallest absolute Gasteiger partial charge is 0.0520 e. The number of rotatable bonds is 0. The highest BCUT2D eigenvalue weighted by atomic mass is 15.2. The molecule has 0 bridgehead atoms. The molecule has 1 saturated heterocycles. The summed E-state index contributed by atoms with van der Waals surface area (Å²) in [5.74, 6) is 0. The normalized spacial score (nSPS) is 31.3. The fourth-order valence-corrected chi connectivity index (χ4v) is 3.73. The molecule has 3 rings (SSSR count). The predicted molar refractivity (Wildman–Crippen MR) is 80.1 cm³/mol. The highest BCUT2D eigenvalue weighted by Crippen LogP contribution is 2.51. The molecule has 1 aliphatic heterocycles. The summed E-state index contributed by atoms with van der Waals surface area (Å²) in [4.78, 5) is 2.53. The summed E-state index contributed by atoms with van der Waals surface area (Å²) >= 11 is 0. The summed E-state index contributed by atoms with van der Waals surface area (Å²) in [6.07, 6.45) is 3.03. The van der Waals surface area contributed by atoms with Crippen LogP contribution in [0.2, 0.25) is 0 Å². The van der Waals surface area contributed by atoms with E-state index >= 15 is 0 Å². The van der Waals surface area contributed by atoms with Gasteiger partial charge in [-0.1, -0.05) is 24.3 Å². The van der Waals surface area contributed by atoms with E-state index in [1.807, 2.05) is 12.1 Å². The van der Waals surface area contributed by atoms with Crippen LogP contribution in [0.5, 0.6) is 0 Å². The van der Waals surface area contributed by atoms with Crippen molar-refractivity contribution in [1.29, 1.82) is 0 Å². The molecule has 1 heterocycles. The second-order valence-electron chi connectivity index (χ2n) is 7.19. The molecule has 19 heavy (non-hydrogen) atoms. The molecular formula is C17H26N2. The maximum atomic E-state index is 8.79. The minimum absolute atomic E-state index is 0.0710. The molecule has 2 heteroatoms. The first-order chi connectivity index (χ1) is 9.26. The van der Waals surface area contributed by atoms with E-state index in [2.05, 4.69) is 37.8 Å². The number of likely N-dealkylation sites (tertiary alicyclic amines) is 1. The average Bonchev–Trinajstić information content (AvgIpc) is 2.58. The Morgan fingerprint density at radius 1 is 1.26 bits per heavy atom. The van der Waals surface area contributed by atoms with Gasteiger partial charge in [-0.2, -0.15) is 0 Å². The van der Waals surface area contributed by atoms with Crippen molar-refractivity contribution in [2.45, 2.75) is 51.6 Å². The Kier molecular flexibility index (Phi) is 2.71. The van der Waals surface area contributed by atoms with Gasteiger partial charge >= 0.3 is 0 Å². The molecule has 1 aromatic carbocycles. The summed E-state index contributed by atoms with van der Waals surface area (Å²) < 4.78 is 8.79. The van der Waals surface area contributed by atoms with Crippen molar-refractivity contribution in [1.82, 2.24) is 4.90 Å². The summed E-state index contributed by atoms with van der Waals surface area (Å²) in [5, 5.41) is 0. The molecule has 0 aromatic heterocycles. The molecule has 0 unspecified atom stereocenters. The van der Waals surface area contributed by atoms with Crippen molar-refractivity contribution in [3.05, 3.63) is 35.4 Å². The molecular weight excluding hydrogens is 232 g/mol. The first kappa shape index (κ1) is 11.9. The van der Waals surface area contributed by atoms with Crippen molar-refractivity contribution in [2.24, 2.45) is 11.1 Å². The highest BCUT2D eigenvalue weighted by Gasteiger charge is 2.46. The fraction of sp³-hybridized carbons (Fsp3) is 0.647. The molecule has 1 fully saturated rings. The van der Waals surface area contributed by atoms with Gasteiger partial charge in [0.15, 0.2) is 0 Å². The van der Waals surface area contributed by atoms with E-state index in [4.69, 9.17) is 7.10 Å². The maximum Gasteiger partial charge on any atom is 0.0520 e. The van der Waals surface area contributed by atoms with Crippen LogP contribution in [0, 0.1) is 5.41 Å². The molecule has 0 amide bonds. The number of piperidine rings is 1. The van der Waals surface area contributed by atoms with Gasteiger partial charge in [0.2, 0.25) is 0 Å². The zero-order chi connectivity index (χ0) is 14.6. The minimum Gasteiger partial charge on any atom is -0.323 e. The van der Waals surface area contributed by atoms with E-state index in [0.29, 0.717) is 0 Å². The minimum atomic E-state index is -0.923. The number of nitrogens with zero attached hydrogens (tertiary/aromatic N) is 1. The van der Waals surface area contributed by atoms with Crippen LogP contribution in [0.4, 0.5) is 0 Å². The molecule has 1 atom stereocenters. The lowest BCUT2D eigenvalue weighted by molar-refractivity contribution is 0.0345. The van der Waals surface area contributed by atoms with Gasteiger partial charge < -0.3 is 5.73 Å². The Labute approximate surface area is 118 Å². The van der Waals surface area contributed by atoms with Crippen molar-refractivity contribution in [2.75, 3.05) is 13.1 Å². The topological polar surface area (TPSA) is 29.3 Å². The number of fused-ring (bicyclic) bond motifs is 1. The summed E-state index contributed by atoms with van der Waals surface area (Å²) in [7, 11) is 0. The van der Waals surface area contributed by atoms with Gasteiger partial charge in [0, 0.05) is 11.6 Å². The van der Waals surface area contributed by atoms with Gasteiger partial charge in [-0.05, 0) is 69.7 Å². The highest BCUT2D eigenvalue weighted by molar-refractivity contribution is 5.38. The van der Waals surface area contributed by atoms with Crippen LogP contribution in [-0.4, -0.2) is 23.5 Å². The first-order valence-electron chi connectivity index (χ1n) is 7.89. The number of nitrogens with two attached hydrogens (primary N) is 1. The largest absolute Gasteiger partial charge is 0.323 e. The van der Waals surface area contributed by atoms with Crippen LogP contribution >= 0.6 is 0 Å². The van der Waals surface area contributed by atoms with Gasteiger partial charge in [0.25, 0.3) is 0 Å². The Morgan fingerprint density at radius 2 is 1.89 bits per heavy atom. The lowest BCUT2D eigenvalue weighted by Gasteiger charge is -2.47. The van der Waals surface area contributed by atoms with E-state index in [-0.39, 0.29) is 11.0 Å². The van der Waals surface area contributed by atoms with Gasteiger partial charge in [0.05, 0.1) is 1.37 Å². The summed E-state index contributed by atoms with van der Waals surface area (Å²) in [6, 6.07) is 7.35. The maximum absolute atomic E-state index is 8.79. The summed E-state index contributed by atoms with van der Waals surface area (Å²) in [6.45, 7) is 8.91. The number of hydrogen-bond donors (Lipinski definition) is 1. The SMILES string of the molecule is [2H][C@]1(N)c2ccccc2CC12CCN(C(C)(C)C)CC2. The van der Waals surface area contributed by atoms with E-state index in [1.54, 1.807) is 0 Å². The summed E-state index contributed by atoms with van der Waals surface area (Å²) in [5.41, 5.74) is 8.98. The monoisotopic (exact) mass is 259 g/mol. The van der Waals surface area contributed by atoms with Crippen LogP contribution in [-0.2, 0) is 6.42 Å². The van der Waals surface area contributed by atoms with Crippen LogP contribution < -0.4 is 5.73 Å². The molecule has 2 nitrogen and oxygen atoms in total. The van der Waals surface area contributed by atoms with Crippen LogP contribution in [0.25, 0.3) is 0 Å². The Balaban J connectivity index is 1.87. The number of benzene rings is 1. The second-order valence-corrected chi connectivity index (χ2v) is 7.19. The molecule has 0 radical (unpaired) electrons. The van der Waals surface area contributed by atoms with Crippen molar-refractivity contribution in [3.8, 4) is 0 Å². The third-order valence-corrected chi connectivity index (χ3v) is 5.08. The molecule has 1 spiro atoms. The fourth-order valence-electron chi connectivity index (χ4n) is 3.73. The Hall–Kier alpha value is -0.860. The van der Waals surface area contributed by atoms with Crippen LogP contribution in [0.15, 0.2) is 24.3 Å². The predicted octanol–water partition coefficient (Wildman–Crippen LogP) is 3.12. The second kappa shape index (κ2) is 4.32. The molecule has 1 aliphatic carbocycles.